The summed E-state index contributed by atoms with van der Waals surface area (Å²) in [6, 6.07) is 9.83. The molecule has 0 bridgehead atoms. The fourth-order valence-electron chi connectivity index (χ4n) is 4.62. The number of rotatable bonds is 9. The first-order chi connectivity index (χ1) is 19.4. The van der Waals surface area contributed by atoms with Gasteiger partial charge in [0.2, 0.25) is 5.91 Å². The predicted octanol–water partition coefficient (Wildman–Crippen LogP) is 1.66. The molecule has 2 aliphatic heterocycles. The Labute approximate surface area is 256 Å². The molecule has 3 heterocycles. The Morgan fingerprint density at radius 1 is 0.976 bits per heavy atom. The van der Waals surface area contributed by atoms with Gasteiger partial charge in [-0.2, -0.15) is 0 Å². The van der Waals surface area contributed by atoms with Gasteiger partial charge in [-0.25, -0.2) is 14.8 Å². The molecule has 13 nitrogen and oxygen atoms in total. The van der Waals surface area contributed by atoms with Crippen molar-refractivity contribution in [2.75, 3.05) is 63.9 Å². The van der Waals surface area contributed by atoms with Crippen LogP contribution in [0.2, 0.25) is 0 Å². The van der Waals surface area contributed by atoms with Crippen LogP contribution in [0.25, 0.3) is 11.4 Å². The molecule has 0 radical (unpaired) electrons. The fraction of sp³-hybridized carbons (Fsp3) is 0.481. The van der Waals surface area contributed by atoms with E-state index in [1.54, 1.807) is 13.0 Å². The van der Waals surface area contributed by atoms with Gasteiger partial charge in [0.1, 0.15) is 17.6 Å². The number of amides is 3. The Morgan fingerprint density at radius 3 is 2.24 bits per heavy atom. The normalized spacial score (nSPS) is 15.5. The van der Waals surface area contributed by atoms with E-state index in [2.05, 4.69) is 20.5 Å². The second kappa shape index (κ2) is 16.7. The van der Waals surface area contributed by atoms with E-state index < -0.39 is 29.9 Å². The van der Waals surface area contributed by atoms with Crippen LogP contribution >= 0.6 is 24.8 Å². The first kappa shape index (κ1) is 34.5. The molecule has 4 rings (SSSR count). The van der Waals surface area contributed by atoms with Crippen molar-refractivity contribution in [3.05, 3.63) is 42.1 Å². The lowest BCUT2D eigenvalue weighted by molar-refractivity contribution is -0.138. The van der Waals surface area contributed by atoms with Crippen LogP contribution in [0.1, 0.15) is 30.3 Å². The number of carboxylic acid groups (broad SMARTS) is 1. The van der Waals surface area contributed by atoms with Gasteiger partial charge in [0, 0.05) is 70.4 Å². The Balaban J connectivity index is 0.00000308. The number of aliphatic carboxylic acids is 1. The summed E-state index contributed by atoms with van der Waals surface area (Å²) in [4.78, 5) is 64.6. The molecule has 1 aromatic carbocycles. The Hall–Kier alpha value is -3.68. The molecule has 2 aromatic rings. The van der Waals surface area contributed by atoms with Crippen LogP contribution in [0, 0.1) is 0 Å². The quantitative estimate of drug-likeness (QED) is 0.374. The minimum Gasteiger partial charge on any atom is -0.481 e. The summed E-state index contributed by atoms with van der Waals surface area (Å²) in [5.41, 5.74) is 0.828. The number of hydrogen-bond acceptors (Lipinski definition) is 9. The lowest BCUT2D eigenvalue weighted by Crippen LogP contribution is -2.56. The lowest BCUT2D eigenvalue weighted by atomic mass is 10.1. The summed E-state index contributed by atoms with van der Waals surface area (Å²) < 4.78 is 5.03. The number of carbonyl (C=O) groups is 4. The molecule has 0 spiro atoms. The number of carboxylic acids is 1. The molecule has 3 N–H and O–H groups in total. The highest BCUT2D eigenvalue weighted by Crippen LogP contribution is 2.21. The summed E-state index contributed by atoms with van der Waals surface area (Å²) >= 11 is 0. The van der Waals surface area contributed by atoms with Gasteiger partial charge in [0.15, 0.2) is 5.82 Å². The van der Waals surface area contributed by atoms with E-state index in [4.69, 9.17) is 9.72 Å². The third kappa shape index (κ3) is 9.16. The van der Waals surface area contributed by atoms with Crippen molar-refractivity contribution in [3.63, 3.8) is 0 Å². The average Bonchev–Trinajstić information content (AvgIpc) is 2.99. The Morgan fingerprint density at radius 2 is 1.62 bits per heavy atom. The third-order valence-electron chi connectivity index (χ3n) is 6.79. The molecule has 3 amide bonds. The number of nitrogens with one attached hydrogen (secondary N) is 2. The minimum absolute atomic E-state index is 0. The van der Waals surface area contributed by atoms with Crippen LogP contribution in [0.3, 0.4) is 0 Å². The van der Waals surface area contributed by atoms with Crippen LogP contribution in [0.5, 0.6) is 0 Å². The van der Waals surface area contributed by atoms with Crippen molar-refractivity contribution in [2.45, 2.75) is 25.8 Å². The number of piperazine rings is 2. The SMILES string of the molecule is CCOC(=O)N1CCN(C(=O)C(CCC(=O)O)NC(=O)c2cc(N3CCNCC3)nc(-c3ccccc3)n2)CC1.Cl.Cl. The van der Waals surface area contributed by atoms with Gasteiger partial charge < -0.3 is 35.2 Å². The predicted molar refractivity (Wildman–Crippen MR) is 160 cm³/mol. The van der Waals surface area contributed by atoms with Crippen LogP contribution in [-0.2, 0) is 14.3 Å². The number of halogens is 2. The molecule has 230 valence electrons. The number of hydrogen-bond donors (Lipinski definition) is 3. The van der Waals surface area contributed by atoms with Gasteiger partial charge in [0.25, 0.3) is 5.91 Å². The van der Waals surface area contributed by atoms with E-state index in [1.165, 1.54) is 9.80 Å². The van der Waals surface area contributed by atoms with E-state index in [9.17, 15) is 24.3 Å². The largest absolute Gasteiger partial charge is 0.481 e. The topological polar surface area (TPSA) is 157 Å². The van der Waals surface area contributed by atoms with Crippen LogP contribution in [-0.4, -0.2) is 114 Å². The molecule has 42 heavy (non-hydrogen) atoms. The zero-order valence-electron chi connectivity index (χ0n) is 23.4. The molecule has 0 saturated carbocycles. The average molecular weight is 627 g/mol. The minimum atomic E-state index is -1.08. The van der Waals surface area contributed by atoms with Crippen molar-refractivity contribution in [1.29, 1.82) is 0 Å². The number of ether oxygens (including phenoxy) is 1. The molecule has 1 atom stereocenters. The van der Waals surface area contributed by atoms with Crippen molar-refractivity contribution < 1.29 is 29.0 Å². The maximum Gasteiger partial charge on any atom is 0.409 e. The summed E-state index contributed by atoms with van der Waals surface area (Å²) in [6.45, 7) is 6.02. The highest BCUT2D eigenvalue weighted by Gasteiger charge is 2.31. The van der Waals surface area contributed by atoms with E-state index >= 15 is 0 Å². The van der Waals surface area contributed by atoms with E-state index in [0.29, 0.717) is 24.7 Å². The summed E-state index contributed by atoms with van der Waals surface area (Å²) in [5.74, 6) is -1.09. The third-order valence-corrected chi connectivity index (χ3v) is 6.79. The molecule has 1 unspecified atom stereocenters. The highest BCUT2D eigenvalue weighted by molar-refractivity contribution is 5.97. The van der Waals surface area contributed by atoms with Gasteiger partial charge in [0.05, 0.1) is 6.61 Å². The van der Waals surface area contributed by atoms with Crippen molar-refractivity contribution in [3.8, 4) is 11.4 Å². The molecule has 15 heteroatoms. The van der Waals surface area contributed by atoms with Gasteiger partial charge in [-0.05, 0) is 13.3 Å². The van der Waals surface area contributed by atoms with E-state index in [-0.39, 0.29) is 76.1 Å². The van der Waals surface area contributed by atoms with E-state index in [0.717, 1.165) is 18.7 Å². The summed E-state index contributed by atoms with van der Waals surface area (Å²) in [5, 5.41) is 15.3. The highest BCUT2D eigenvalue weighted by atomic mass is 35.5. The van der Waals surface area contributed by atoms with Crippen LogP contribution < -0.4 is 15.5 Å². The van der Waals surface area contributed by atoms with Gasteiger partial charge in [-0.15, -0.1) is 24.8 Å². The number of anilines is 1. The standard InChI is InChI=1S/C27H35N7O6.2ClH/c1-2-40-27(39)34-16-14-33(15-17-34)26(38)20(8-9-23(35)36)30-25(37)21-18-22(32-12-10-28-11-13-32)31-24(29-21)19-6-4-3-5-7-19;;/h3-7,18,20,28H,2,8-17H2,1H3,(H,30,37)(H,35,36);2*1H. The van der Waals surface area contributed by atoms with Gasteiger partial charge >= 0.3 is 12.1 Å². The number of nitrogens with zero attached hydrogens (tertiary/aromatic N) is 5. The maximum absolute atomic E-state index is 13.5. The molecule has 0 aliphatic carbocycles. The lowest BCUT2D eigenvalue weighted by Gasteiger charge is -2.36. The Bertz CT molecular complexity index is 1210. The number of aromatic nitrogens is 2. The number of carbonyl (C=O) groups excluding carboxylic acids is 3. The molecule has 2 saturated heterocycles. The summed E-state index contributed by atoms with van der Waals surface area (Å²) in [7, 11) is 0. The first-order valence-corrected chi connectivity index (χ1v) is 13.5. The zero-order chi connectivity index (χ0) is 28.5. The van der Waals surface area contributed by atoms with Crippen molar-refractivity contribution >= 4 is 54.5 Å². The molecular formula is C27H37Cl2N7O6. The second-order valence-corrected chi connectivity index (χ2v) is 9.51. The second-order valence-electron chi connectivity index (χ2n) is 9.51. The van der Waals surface area contributed by atoms with Crippen LogP contribution in [0.4, 0.5) is 10.6 Å². The van der Waals surface area contributed by atoms with Crippen molar-refractivity contribution in [1.82, 2.24) is 30.4 Å². The van der Waals surface area contributed by atoms with Crippen molar-refractivity contribution in [2.24, 2.45) is 0 Å². The maximum atomic E-state index is 13.5. The molecule has 2 aliphatic rings. The molecular weight excluding hydrogens is 589 g/mol. The molecule has 2 fully saturated rings. The van der Waals surface area contributed by atoms with Crippen LogP contribution in [0.15, 0.2) is 36.4 Å². The monoisotopic (exact) mass is 625 g/mol. The van der Waals surface area contributed by atoms with E-state index in [1.807, 2.05) is 30.3 Å². The van der Waals surface area contributed by atoms with Gasteiger partial charge in [-0.3, -0.25) is 14.4 Å². The molecule has 1 aromatic heterocycles. The summed E-state index contributed by atoms with van der Waals surface area (Å²) in [6.07, 6.45) is -0.826. The number of benzene rings is 1. The smallest absolute Gasteiger partial charge is 0.409 e. The first-order valence-electron chi connectivity index (χ1n) is 13.5. The Kier molecular flexibility index (Phi) is 13.7. The zero-order valence-corrected chi connectivity index (χ0v) is 25.0. The fourth-order valence-corrected chi connectivity index (χ4v) is 4.62. The van der Waals surface area contributed by atoms with Gasteiger partial charge in [-0.1, -0.05) is 30.3 Å².